The maximum absolute atomic E-state index is 11.8. The fourth-order valence-corrected chi connectivity index (χ4v) is 2.76. The minimum Gasteiger partial charge on any atom is -0.466 e. The first-order chi connectivity index (χ1) is 8.22. The number of carbonyl (C=O) groups is 1. The number of ether oxygens (including phenoxy) is 1. The van der Waals surface area contributed by atoms with E-state index in [4.69, 9.17) is 4.74 Å². The molecule has 1 atom stereocenters. The van der Waals surface area contributed by atoms with Crippen molar-refractivity contribution in [3.05, 3.63) is 11.6 Å². The second-order valence-electron chi connectivity index (χ2n) is 4.92. The van der Waals surface area contributed by atoms with Crippen LogP contribution in [0.2, 0.25) is 0 Å². The molecule has 0 bridgehead atoms. The van der Waals surface area contributed by atoms with Gasteiger partial charge in [0.1, 0.15) is 13.1 Å². The molecular weight excluding hydrogens is 214 g/mol. The number of rotatable bonds is 2. The predicted octanol–water partition coefficient (Wildman–Crippen LogP) is 2.15. The van der Waals surface area contributed by atoms with Crippen LogP contribution in [0, 0.1) is 5.92 Å². The summed E-state index contributed by atoms with van der Waals surface area (Å²) in [5.74, 6) is -0.0666. The van der Waals surface area contributed by atoms with E-state index in [-0.39, 0.29) is 11.9 Å². The highest BCUT2D eigenvalue weighted by molar-refractivity contribution is 5.94. The number of hydrogen-bond donors (Lipinski definition) is 0. The lowest BCUT2D eigenvalue weighted by Crippen LogP contribution is -2.27. The molecule has 2 aliphatic rings. The van der Waals surface area contributed by atoms with E-state index in [1.54, 1.807) is 0 Å². The fraction of sp³-hybridized carbons (Fsp3) is 0.714. The lowest BCUT2D eigenvalue weighted by atomic mass is 9.87. The van der Waals surface area contributed by atoms with Crippen molar-refractivity contribution in [1.29, 1.82) is 0 Å². The van der Waals surface area contributed by atoms with Gasteiger partial charge in [0.05, 0.1) is 12.5 Å². The number of allylic oxidation sites excluding steroid dienone is 1. The summed E-state index contributed by atoms with van der Waals surface area (Å²) in [6, 6.07) is 0. The van der Waals surface area contributed by atoms with E-state index in [9.17, 15) is 4.79 Å². The number of esters is 1. The molecule has 1 heterocycles. The van der Waals surface area contributed by atoms with Gasteiger partial charge in [-0.05, 0) is 20.3 Å². The molecule has 0 aromatic rings. The molecule has 94 valence electrons. The molecular formula is C14H22NO2+. The Hall–Kier alpha value is -1.12. The van der Waals surface area contributed by atoms with E-state index >= 15 is 0 Å². The molecule has 3 nitrogen and oxygen atoms in total. The monoisotopic (exact) mass is 236 g/mol. The van der Waals surface area contributed by atoms with Gasteiger partial charge in [-0.15, -0.1) is 0 Å². The van der Waals surface area contributed by atoms with Gasteiger partial charge in [0.25, 0.3) is 0 Å². The van der Waals surface area contributed by atoms with E-state index in [2.05, 4.69) is 17.6 Å². The van der Waals surface area contributed by atoms with Gasteiger partial charge >= 0.3 is 5.97 Å². The van der Waals surface area contributed by atoms with Crippen molar-refractivity contribution in [3.63, 3.8) is 0 Å². The van der Waals surface area contributed by atoms with Crippen LogP contribution in [-0.4, -0.2) is 36.0 Å². The van der Waals surface area contributed by atoms with Crippen LogP contribution >= 0.6 is 0 Å². The molecule has 0 spiro atoms. The third-order valence-electron chi connectivity index (χ3n) is 3.72. The molecule has 1 unspecified atom stereocenters. The Morgan fingerprint density at radius 3 is 2.76 bits per heavy atom. The molecule has 0 N–H and O–H groups in total. The zero-order valence-electron chi connectivity index (χ0n) is 10.9. The third-order valence-corrected chi connectivity index (χ3v) is 3.72. The van der Waals surface area contributed by atoms with E-state index < -0.39 is 0 Å². The van der Waals surface area contributed by atoms with E-state index in [1.165, 1.54) is 31.6 Å². The Labute approximate surface area is 103 Å². The van der Waals surface area contributed by atoms with Gasteiger partial charge in [-0.25, -0.2) is 4.58 Å². The van der Waals surface area contributed by atoms with Crippen LogP contribution in [0.4, 0.5) is 0 Å². The van der Waals surface area contributed by atoms with Gasteiger partial charge < -0.3 is 4.74 Å². The van der Waals surface area contributed by atoms with Crippen LogP contribution < -0.4 is 0 Å². The number of hydrogen-bond acceptors (Lipinski definition) is 2. The summed E-state index contributed by atoms with van der Waals surface area (Å²) in [6.07, 6.45) is 6.74. The van der Waals surface area contributed by atoms with Gasteiger partial charge in [-0.3, -0.25) is 4.79 Å². The van der Waals surface area contributed by atoms with Crippen LogP contribution in [0.15, 0.2) is 11.6 Å². The first-order valence-corrected chi connectivity index (χ1v) is 6.68. The van der Waals surface area contributed by atoms with Crippen molar-refractivity contribution in [3.8, 4) is 0 Å². The first kappa shape index (κ1) is 12.3. The summed E-state index contributed by atoms with van der Waals surface area (Å²) in [7, 11) is 0. The highest BCUT2D eigenvalue weighted by Crippen LogP contribution is 2.25. The summed E-state index contributed by atoms with van der Waals surface area (Å²) in [5, 5.41) is 0. The second-order valence-corrected chi connectivity index (χ2v) is 4.92. The quantitative estimate of drug-likeness (QED) is 0.543. The Kier molecular flexibility index (Phi) is 3.97. The molecule has 1 aliphatic carbocycles. The highest BCUT2D eigenvalue weighted by Gasteiger charge is 2.29. The van der Waals surface area contributed by atoms with E-state index in [1.807, 2.05) is 6.92 Å². The highest BCUT2D eigenvalue weighted by atomic mass is 16.5. The van der Waals surface area contributed by atoms with Crippen LogP contribution in [0.25, 0.3) is 0 Å². The molecule has 0 amide bonds. The molecule has 1 saturated heterocycles. The summed E-state index contributed by atoms with van der Waals surface area (Å²) in [4.78, 5) is 11.8. The average molecular weight is 236 g/mol. The van der Waals surface area contributed by atoms with Crippen LogP contribution in [0.1, 0.15) is 39.5 Å². The molecule has 0 aromatic heterocycles. The van der Waals surface area contributed by atoms with Crippen molar-refractivity contribution in [2.45, 2.75) is 39.5 Å². The summed E-state index contributed by atoms with van der Waals surface area (Å²) >= 11 is 0. The standard InChI is InChI=1S/C14H22NO2/c1-3-17-14(16)13-7-6-12(10-11(13)2)15-8-4-5-9-15/h10,13H,3-9H2,1-2H3/q+1. The summed E-state index contributed by atoms with van der Waals surface area (Å²) in [6.45, 7) is 6.76. The first-order valence-electron chi connectivity index (χ1n) is 6.68. The maximum atomic E-state index is 11.8. The van der Waals surface area contributed by atoms with Crippen LogP contribution in [0.5, 0.6) is 0 Å². The molecule has 2 rings (SSSR count). The van der Waals surface area contributed by atoms with Crippen molar-refractivity contribution < 1.29 is 14.1 Å². The Morgan fingerprint density at radius 2 is 2.18 bits per heavy atom. The van der Waals surface area contributed by atoms with Gasteiger partial charge in [0.2, 0.25) is 0 Å². The van der Waals surface area contributed by atoms with Crippen molar-refractivity contribution >= 4 is 11.7 Å². The Bertz CT molecular complexity index is 360. The number of carbonyl (C=O) groups excluding carboxylic acids is 1. The van der Waals surface area contributed by atoms with Crippen molar-refractivity contribution in [2.24, 2.45) is 5.92 Å². The molecule has 1 aliphatic heterocycles. The lowest BCUT2D eigenvalue weighted by Gasteiger charge is -2.20. The minimum atomic E-state index is -0.0540. The lowest BCUT2D eigenvalue weighted by molar-refractivity contribution is -0.506. The van der Waals surface area contributed by atoms with Crippen molar-refractivity contribution in [2.75, 3.05) is 19.7 Å². The fourth-order valence-electron chi connectivity index (χ4n) is 2.76. The topological polar surface area (TPSA) is 29.3 Å². The van der Waals surface area contributed by atoms with Gasteiger partial charge in [-0.2, -0.15) is 0 Å². The average Bonchev–Trinajstić information content (AvgIpc) is 2.82. The van der Waals surface area contributed by atoms with Gasteiger partial charge in [0.15, 0.2) is 5.71 Å². The van der Waals surface area contributed by atoms with Crippen LogP contribution in [-0.2, 0) is 9.53 Å². The van der Waals surface area contributed by atoms with Gasteiger partial charge in [0, 0.05) is 25.3 Å². The predicted molar refractivity (Wildman–Crippen MR) is 67.3 cm³/mol. The van der Waals surface area contributed by atoms with E-state index in [0.717, 1.165) is 18.4 Å². The second kappa shape index (κ2) is 5.48. The molecule has 1 fully saturated rings. The Morgan fingerprint density at radius 1 is 1.47 bits per heavy atom. The molecule has 0 aromatic carbocycles. The van der Waals surface area contributed by atoms with Gasteiger partial charge in [-0.1, -0.05) is 5.57 Å². The maximum Gasteiger partial charge on any atom is 0.313 e. The van der Waals surface area contributed by atoms with Crippen molar-refractivity contribution in [1.82, 2.24) is 0 Å². The zero-order valence-corrected chi connectivity index (χ0v) is 10.9. The van der Waals surface area contributed by atoms with E-state index in [0.29, 0.717) is 6.61 Å². The molecule has 0 saturated carbocycles. The summed E-state index contributed by atoms with van der Waals surface area (Å²) < 4.78 is 7.57. The summed E-state index contributed by atoms with van der Waals surface area (Å²) in [5.41, 5.74) is 2.58. The zero-order chi connectivity index (χ0) is 12.3. The normalized spacial score (nSPS) is 24.8. The molecule has 0 radical (unpaired) electrons. The Balaban J connectivity index is 2.11. The SMILES string of the molecule is CCOC(=O)C1CCC(=[N+]2CCCC2)C=C1C. The smallest absolute Gasteiger partial charge is 0.313 e. The largest absolute Gasteiger partial charge is 0.466 e. The molecule has 17 heavy (non-hydrogen) atoms. The van der Waals surface area contributed by atoms with Crippen LogP contribution in [0.3, 0.4) is 0 Å². The molecule has 3 heteroatoms. The third kappa shape index (κ3) is 2.76. The minimum absolute atomic E-state index is 0.0127. The number of nitrogens with zero attached hydrogens (tertiary/aromatic N) is 1.